The fourth-order valence-electron chi connectivity index (χ4n) is 1.86. The number of carbonyl (C=O) groups excluding carboxylic acids is 2. The SMILES string of the molecule is CC(C)NC(=O)[C@H](C)N1CCC[C@H](N)C1=O. The number of nitrogens with two attached hydrogens (primary N) is 1. The van der Waals surface area contributed by atoms with E-state index in [1.807, 2.05) is 13.8 Å². The third-order valence-corrected chi connectivity index (χ3v) is 2.79. The summed E-state index contributed by atoms with van der Waals surface area (Å²) in [5, 5.41) is 2.80. The first-order valence-corrected chi connectivity index (χ1v) is 5.80. The van der Waals surface area contributed by atoms with Crippen LogP contribution in [0.4, 0.5) is 0 Å². The number of hydrogen-bond donors (Lipinski definition) is 2. The zero-order valence-electron chi connectivity index (χ0n) is 10.2. The lowest BCUT2D eigenvalue weighted by Gasteiger charge is -2.34. The molecule has 92 valence electrons. The van der Waals surface area contributed by atoms with Crippen LogP contribution in [-0.2, 0) is 9.59 Å². The van der Waals surface area contributed by atoms with Gasteiger partial charge in [0, 0.05) is 12.6 Å². The Morgan fingerprint density at radius 3 is 2.69 bits per heavy atom. The molecule has 0 aliphatic carbocycles. The van der Waals surface area contributed by atoms with Gasteiger partial charge in [0.25, 0.3) is 0 Å². The van der Waals surface area contributed by atoms with Gasteiger partial charge < -0.3 is 16.0 Å². The summed E-state index contributed by atoms with van der Waals surface area (Å²) in [6.07, 6.45) is 1.58. The molecular formula is C11H21N3O2. The predicted molar refractivity (Wildman–Crippen MR) is 61.7 cm³/mol. The molecule has 5 nitrogen and oxygen atoms in total. The molecule has 0 spiro atoms. The van der Waals surface area contributed by atoms with E-state index in [0.717, 1.165) is 6.42 Å². The van der Waals surface area contributed by atoms with Crippen molar-refractivity contribution in [3.63, 3.8) is 0 Å². The van der Waals surface area contributed by atoms with E-state index in [0.29, 0.717) is 13.0 Å². The lowest BCUT2D eigenvalue weighted by atomic mass is 10.0. The molecule has 0 radical (unpaired) electrons. The fourth-order valence-corrected chi connectivity index (χ4v) is 1.86. The molecule has 1 fully saturated rings. The van der Waals surface area contributed by atoms with Crippen LogP contribution in [0.25, 0.3) is 0 Å². The summed E-state index contributed by atoms with van der Waals surface area (Å²) < 4.78 is 0. The van der Waals surface area contributed by atoms with E-state index in [1.165, 1.54) is 0 Å². The van der Waals surface area contributed by atoms with Gasteiger partial charge in [0.2, 0.25) is 11.8 Å². The molecule has 0 aromatic carbocycles. The molecule has 1 saturated heterocycles. The summed E-state index contributed by atoms with van der Waals surface area (Å²) in [4.78, 5) is 25.1. The first-order valence-electron chi connectivity index (χ1n) is 5.80. The van der Waals surface area contributed by atoms with Crippen LogP contribution in [-0.4, -0.2) is 41.4 Å². The van der Waals surface area contributed by atoms with Gasteiger partial charge in [-0.2, -0.15) is 0 Å². The molecule has 0 aromatic rings. The summed E-state index contributed by atoms with van der Waals surface area (Å²) in [7, 11) is 0. The first-order chi connectivity index (χ1) is 7.43. The number of nitrogens with zero attached hydrogens (tertiary/aromatic N) is 1. The van der Waals surface area contributed by atoms with Crippen LogP contribution < -0.4 is 11.1 Å². The molecule has 0 bridgehead atoms. The van der Waals surface area contributed by atoms with Crippen LogP contribution in [0.3, 0.4) is 0 Å². The van der Waals surface area contributed by atoms with E-state index >= 15 is 0 Å². The van der Waals surface area contributed by atoms with Crippen molar-refractivity contribution in [3.05, 3.63) is 0 Å². The van der Waals surface area contributed by atoms with E-state index in [-0.39, 0.29) is 17.9 Å². The van der Waals surface area contributed by atoms with Crippen LogP contribution in [0.5, 0.6) is 0 Å². The smallest absolute Gasteiger partial charge is 0.242 e. The number of nitrogens with one attached hydrogen (secondary N) is 1. The molecule has 5 heteroatoms. The molecule has 0 unspecified atom stereocenters. The highest BCUT2D eigenvalue weighted by Crippen LogP contribution is 2.13. The van der Waals surface area contributed by atoms with E-state index in [4.69, 9.17) is 5.73 Å². The summed E-state index contributed by atoms with van der Waals surface area (Å²) in [5.74, 6) is -0.227. The number of likely N-dealkylation sites (tertiary alicyclic amines) is 1. The third kappa shape index (κ3) is 2.95. The Morgan fingerprint density at radius 1 is 1.50 bits per heavy atom. The van der Waals surface area contributed by atoms with Gasteiger partial charge in [0.15, 0.2) is 0 Å². The molecule has 1 aliphatic heterocycles. The minimum Gasteiger partial charge on any atom is -0.352 e. The van der Waals surface area contributed by atoms with Crippen LogP contribution in [0, 0.1) is 0 Å². The van der Waals surface area contributed by atoms with Crippen molar-refractivity contribution in [2.24, 2.45) is 5.73 Å². The Morgan fingerprint density at radius 2 is 2.12 bits per heavy atom. The third-order valence-electron chi connectivity index (χ3n) is 2.79. The van der Waals surface area contributed by atoms with Gasteiger partial charge in [-0.05, 0) is 33.6 Å². The number of rotatable bonds is 3. The Kier molecular flexibility index (Phi) is 4.29. The predicted octanol–water partition coefficient (Wildman–Crippen LogP) is -0.151. The number of carbonyl (C=O) groups is 2. The second-order valence-corrected chi connectivity index (χ2v) is 4.62. The monoisotopic (exact) mass is 227 g/mol. The van der Waals surface area contributed by atoms with Gasteiger partial charge in [-0.1, -0.05) is 0 Å². The second-order valence-electron chi connectivity index (χ2n) is 4.62. The van der Waals surface area contributed by atoms with Gasteiger partial charge in [0.05, 0.1) is 6.04 Å². The fraction of sp³-hybridized carbons (Fsp3) is 0.818. The Bertz CT molecular complexity index is 278. The molecule has 2 amide bonds. The quantitative estimate of drug-likeness (QED) is 0.704. The second kappa shape index (κ2) is 5.30. The topological polar surface area (TPSA) is 75.4 Å². The standard InChI is InChI=1S/C11H21N3O2/c1-7(2)13-10(15)8(3)14-6-4-5-9(12)11(14)16/h7-9H,4-6,12H2,1-3H3,(H,13,15)/t8-,9-/m0/s1. The Labute approximate surface area is 96.4 Å². The molecule has 16 heavy (non-hydrogen) atoms. The van der Waals surface area contributed by atoms with Crippen molar-refractivity contribution < 1.29 is 9.59 Å². The maximum Gasteiger partial charge on any atom is 0.242 e. The average molecular weight is 227 g/mol. The minimum absolute atomic E-state index is 0.0866. The van der Waals surface area contributed by atoms with Crippen molar-refractivity contribution >= 4 is 11.8 Å². The first kappa shape index (κ1) is 13.0. The van der Waals surface area contributed by atoms with E-state index < -0.39 is 12.1 Å². The van der Waals surface area contributed by atoms with Gasteiger partial charge in [0.1, 0.15) is 6.04 Å². The highest BCUT2D eigenvalue weighted by Gasteiger charge is 2.32. The van der Waals surface area contributed by atoms with Crippen molar-refractivity contribution in [1.29, 1.82) is 0 Å². The minimum atomic E-state index is -0.442. The van der Waals surface area contributed by atoms with E-state index in [1.54, 1.807) is 11.8 Å². The van der Waals surface area contributed by atoms with Gasteiger partial charge in [-0.25, -0.2) is 0 Å². The maximum atomic E-state index is 11.8. The summed E-state index contributed by atoms with van der Waals surface area (Å²) in [6.45, 7) is 6.16. The Balaban J connectivity index is 2.61. The number of hydrogen-bond acceptors (Lipinski definition) is 3. The van der Waals surface area contributed by atoms with Gasteiger partial charge >= 0.3 is 0 Å². The summed E-state index contributed by atoms with van der Waals surface area (Å²) in [6, 6.07) is -0.784. The van der Waals surface area contributed by atoms with Crippen LogP contribution in [0.15, 0.2) is 0 Å². The zero-order valence-corrected chi connectivity index (χ0v) is 10.2. The highest BCUT2D eigenvalue weighted by molar-refractivity contribution is 5.90. The molecule has 0 saturated carbocycles. The van der Waals surface area contributed by atoms with Gasteiger partial charge in [-0.3, -0.25) is 9.59 Å². The lowest BCUT2D eigenvalue weighted by Crippen LogP contribution is -2.56. The molecule has 3 N–H and O–H groups in total. The normalized spacial score (nSPS) is 23.4. The maximum absolute atomic E-state index is 11.8. The largest absolute Gasteiger partial charge is 0.352 e. The molecule has 1 heterocycles. The van der Waals surface area contributed by atoms with E-state index in [2.05, 4.69) is 5.32 Å². The molecule has 0 aromatic heterocycles. The molecule has 1 aliphatic rings. The average Bonchev–Trinajstić information content (AvgIpc) is 2.20. The lowest BCUT2D eigenvalue weighted by molar-refractivity contribution is -0.143. The van der Waals surface area contributed by atoms with Crippen molar-refractivity contribution in [3.8, 4) is 0 Å². The zero-order chi connectivity index (χ0) is 12.3. The van der Waals surface area contributed by atoms with Crippen LogP contribution in [0.2, 0.25) is 0 Å². The summed E-state index contributed by atoms with van der Waals surface area (Å²) >= 11 is 0. The number of piperidine rings is 1. The summed E-state index contributed by atoms with van der Waals surface area (Å²) in [5.41, 5.74) is 5.68. The van der Waals surface area contributed by atoms with Crippen molar-refractivity contribution in [2.45, 2.75) is 51.7 Å². The molecule has 2 atom stereocenters. The van der Waals surface area contributed by atoms with E-state index in [9.17, 15) is 9.59 Å². The number of amides is 2. The van der Waals surface area contributed by atoms with Crippen molar-refractivity contribution in [2.75, 3.05) is 6.54 Å². The van der Waals surface area contributed by atoms with Crippen LogP contribution in [0.1, 0.15) is 33.6 Å². The molecular weight excluding hydrogens is 206 g/mol. The van der Waals surface area contributed by atoms with Gasteiger partial charge in [-0.15, -0.1) is 0 Å². The van der Waals surface area contributed by atoms with Crippen LogP contribution >= 0.6 is 0 Å². The molecule has 1 rings (SSSR count). The van der Waals surface area contributed by atoms with Crippen molar-refractivity contribution in [1.82, 2.24) is 10.2 Å². The highest BCUT2D eigenvalue weighted by atomic mass is 16.2. The Hall–Kier alpha value is -1.10.